The minimum Gasteiger partial charge on any atom is -0.316 e. The summed E-state index contributed by atoms with van der Waals surface area (Å²) in [7, 11) is 1.71. The second kappa shape index (κ2) is 5.81. The molecule has 0 amide bonds. The van der Waals surface area contributed by atoms with Gasteiger partial charge in [0, 0.05) is 12.1 Å². The third kappa shape index (κ3) is 3.39. The number of halogens is 5. The zero-order valence-electron chi connectivity index (χ0n) is 11.1. The first kappa shape index (κ1) is 15.4. The van der Waals surface area contributed by atoms with Gasteiger partial charge in [-0.05, 0) is 36.4 Å². The van der Waals surface area contributed by atoms with Gasteiger partial charge in [0.1, 0.15) is 11.6 Å². The summed E-state index contributed by atoms with van der Waals surface area (Å²) >= 11 is 0. The van der Waals surface area contributed by atoms with Gasteiger partial charge in [-0.25, -0.2) is 8.78 Å². The molecule has 0 unspecified atom stereocenters. The Morgan fingerprint density at radius 1 is 0.952 bits per heavy atom. The van der Waals surface area contributed by atoms with Crippen molar-refractivity contribution >= 4 is 0 Å². The van der Waals surface area contributed by atoms with E-state index in [-0.39, 0.29) is 11.1 Å². The lowest BCUT2D eigenvalue weighted by molar-refractivity contribution is -0.139. The molecule has 0 radical (unpaired) electrons. The molecule has 0 heterocycles. The smallest absolute Gasteiger partial charge is 0.316 e. The fourth-order valence-corrected chi connectivity index (χ4v) is 2.02. The lowest BCUT2D eigenvalue weighted by Gasteiger charge is -2.10. The third-order valence-electron chi connectivity index (χ3n) is 3.00. The van der Waals surface area contributed by atoms with E-state index in [0.29, 0.717) is 24.2 Å². The molecule has 1 nitrogen and oxygen atoms in total. The summed E-state index contributed by atoms with van der Waals surface area (Å²) in [5.74, 6) is -2.03. The van der Waals surface area contributed by atoms with Gasteiger partial charge in [-0.15, -0.1) is 0 Å². The number of benzene rings is 2. The van der Waals surface area contributed by atoms with Crippen LogP contribution in [-0.2, 0) is 12.7 Å². The Kier molecular flexibility index (Phi) is 4.27. The largest absolute Gasteiger partial charge is 0.419 e. The Hall–Kier alpha value is -1.95. The molecule has 0 saturated heterocycles. The van der Waals surface area contributed by atoms with E-state index in [0.717, 1.165) is 6.07 Å². The van der Waals surface area contributed by atoms with E-state index >= 15 is 0 Å². The van der Waals surface area contributed by atoms with Gasteiger partial charge in [0.05, 0.1) is 5.56 Å². The van der Waals surface area contributed by atoms with Crippen molar-refractivity contribution in [2.24, 2.45) is 0 Å². The molecule has 0 atom stereocenters. The number of nitrogens with one attached hydrogen (secondary N) is 1. The van der Waals surface area contributed by atoms with Crippen molar-refractivity contribution in [2.45, 2.75) is 12.7 Å². The molecule has 2 rings (SSSR count). The van der Waals surface area contributed by atoms with E-state index in [1.807, 2.05) is 0 Å². The van der Waals surface area contributed by atoms with Crippen molar-refractivity contribution in [3.05, 3.63) is 59.2 Å². The topological polar surface area (TPSA) is 12.0 Å². The van der Waals surface area contributed by atoms with Crippen molar-refractivity contribution in [2.75, 3.05) is 7.05 Å². The molecule has 0 aliphatic heterocycles. The van der Waals surface area contributed by atoms with Crippen LogP contribution in [0.15, 0.2) is 36.4 Å². The van der Waals surface area contributed by atoms with Gasteiger partial charge in [-0.2, -0.15) is 13.2 Å². The van der Waals surface area contributed by atoms with E-state index in [4.69, 9.17) is 0 Å². The van der Waals surface area contributed by atoms with Gasteiger partial charge < -0.3 is 5.32 Å². The predicted molar refractivity (Wildman–Crippen MR) is 69.6 cm³/mol. The Morgan fingerprint density at radius 3 is 2.19 bits per heavy atom. The highest BCUT2D eigenvalue weighted by atomic mass is 19.4. The van der Waals surface area contributed by atoms with E-state index < -0.39 is 23.4 Å². The maximum Gasteiger partial charge on any atom is 0.419 e. The number of hydrogen-bond acceptors (Lipinski definition) is 1. The second-order valence-corrected chi connectivity index (χ2v) is 4.54. The molecule has 1 N–H and O–H groups in total. The number of alkyl halides is 3. The summed E-state index contributed by atoms with van der Waals surface area (Å²) in [6, 6.07) is 6.68. The lowest BCUT2D eigenvalue weighted by atomic mass is 10.0. The molecule has 0 aliphatic carbocycles. The Balaban J connectivity index is 2.41. The van der Waals surface area contributed by atoms with Crippen molar-refractivity contribution < 1.29 is 22.0 Å². The average Bonchev–Trinajstić information content (AvgIpc) is 2.37. The fraction of sp³-hybridized carbons (Fsp3) is 0.200. The molecule has 21 heavy (non-hydrogen) atoms. The Labute approximate surface area is 118 Å². The van der Waals surface area contributed by atoms with Gasteiger partial charge in [-0.1, -0.05) is 18.2 Å². The minimum atomic E-state index is -4.77. The third-order valence-corrected chi connectivity index (χ3v) is 3.00. The Morgan fingerprint density at radius 2 is 1.67 bits per heavy atom. The molecule has 0 aromatic heterocycles. The summed E-state index contributed by atoms with van der Waals surface area (Å²) < 4.78 is 64.9. The SMILES string of the molecule is CNCc1ccc(-c2ccc(C(F)(F)F)c(F)c2)c(F)c1. The molecule has 0 saturated carbocycles. The van der Waals surface area contributed by atoms with Gasteiger partial charge in [0.2, 0.25) is 0 Å². The van der Waals surface area contributed by atoms with Gasteiger partial charge in [-0.3, -0.25) is 0 Å². The van der Waals surface area contributed by atoms with Crippen LogP contribution in [0.25, 0.3) is 11.1 Å². The first-order chi connectivity index (χ1) is 9.82. The van der Waals surface area contributed by atoms with Gasteiger partial charge >= 0.3 is 6.18 Å². The highest BCUT2D eigenvalue weighted by Crippen LogP contribution is 2.34. The summed E-state index contributed by atoms with van der Waals surface area (Å²) in [6.07, 6.45) is -4.77. The lowest BCUT2D eigenvalue weighted by Crippen LogP contribution is -2.08. The van der Waals surface area contributed by atoms with Crippen molar-refractivity contribution in [3.63, 3.8) is 0 Å². The predicted octanol–water partition coefficient (Wildman–Crippen LogP) is 4.37. The van der Waals surface area contributed by atoms with E-state index in [2.05, 4.69) is 5.32 Å². The fourth-order valence-electron chi connectivity index (χ4n) is 2.02. The van der Waals surface area contributed by atoms with Gasteiger partial charge in [0.25, 0.3) is 0 Å². The molecule has 2 aromatic rings. The van der Waals surface area contributed by atoms with Gasteiger partial charge in [0.15, 0.2) is 0 Å². The molecule has 0 spiro atoms. The van der Waals surface area contributed by atoms with Crippen LogP contribution < -0.4 is 5.32 Å². The normalized spacial score (nSPS) is 11.7. The molecule has 0 fully saturated rings. The first-order valence-electron chi connectivity index (χ1n) is 6.13. The number of rotatable bonds is 3. The van der Waals surface area contributed by atoms with Crippen molar-refractivity contribution in [1.82, 2.24) is 5.32 Å². The highest BCUT2D eigenvalue weighted by Gasteiger charge is 2.34. The van der Waals surface area contributed by atoms with Crippen LogP contribution in [0.4, 0.5) is 22.0 Å². The van der Waals surface area contributed by atoms with Crippen LogP contribution in [0.3, 0.4) is 0 Å². The van der Waals surface area contributed by atoms with Crippen molar-refractivity contribution in [1.29, 1.82) is 0 Å². The average molecular weight is 301 g/mol. The summed E-state index contributed by atoms with van der Waals surface area (Å²) in [5.41, 5.74) is -0.555. The van der Waals surface area contributed by atoms with Crippen LogP contribution in [0.1, 0.15) is 11.1 Å². The molecule has 2 aromatic carbocycles. The summed E-state index contributed by atoms with van der Waals surface area (Å²) in [5, 5.41) is 2.85. The molecule has 112 valence electrons. The van der Waals surface area contributed by atoms with Crippen LogP contribution >= 0.6 is 0 Å². The van der Waals surface area contributed by atoms with Crippen molar-refractivity contribution in [3.8, 4) is 11.1 Å². The van der Waals surface area contributed by atoms with E-state index in [9.17, 15) is 22.0 Å². The van der Waals surface area contributed by atoms with Crippen LogP contribution in [0, 0.1) is 11.6 Å². The zero-order chi connectivity index (χ0) is 15.6. The van der Waals surface area contributed by atoms with E-state index in [1.165, 1.54) is 12.1 Å². The standard InChI is InChI=1S/C15H12F5N/c1-21-8-9-2-4-11(13(16)6-9)10-3-5-12(14(17)7-10)15(18,19)20/h2-7,21H,8H2,1H3. The molecular weight excluding hydrogens is 289 g/mol. The quantitative estimate of drug-likeness (QED) is 0.830. The maximum atomic E-state index is 14.0. The highest BCUT2D eigenvalue weighted by molar-refractivity contribution is 5.65. The second-order valence-electron chi connectivity index (χ2n) is 4.54. The minimum absolute atomic E-state index is 0.0578. The molecule has 0 bridgehead atoms. The summed E-state index contributed by atoms with van der Waals surface area (Å²) in [4.78, 5) is 0. The Bertz CT molecular complexity index is 649. The zero-order valence-corrected chi connectivity index (χ0v) is 11.1. The molecular formula is C15H12F5N. The van der Waals surface area contributed by atoms with Crippen LogP contribution in [0.2, 0.25) is 0 Å². The van der Waals surface area contributed by atoms with Crippen LogP contribution in [-0.4, -0.2) is 7.05 Å². The summed E-state index contributed by atoms with van der Waals surface area (Å²) in [6.45, 7) is 0.457. The van der Waals surface area contributed by atoms with Crippen LogP contribution in [0.5, 0.6) is 0 Å². The van der Waals surface area contributed by atoms with E-state index in [1.54, 1.807) is 13.1 Å². The monoisotopic (exact) mass is 301 g/mol. The molecule has 0 aliphatic rings. The first-order valence-corrected chi connectivity index (χ1v) is 6.13. The molecule has 6 heteroatoms. The number of hydrogen-bond donors (Lipinski definition) is 1. The maximum absolute atomic E-state index is 14.0.